The van der Waals surface area contributed by atoms with Gasteiger partial charge in [-0.05, 0) is 24.3 Å². The average molecular weight is 238 g/mol. The van der Waals surface area contributed by atoms with E-state index in [4.69, 9.17) is 16.3 Å². The monoisotopic (exact) mass is 237 g/mol. The fraction of sp³-hybridized carbons (Fsp3) is 0.222. The summed E-state index contributed by atoms with van der Waals surface area (Å²) in [6, 6.07) is 5.76. The first-order valence-corrected chi connectivity index (χ1v) is 4.26. The first-order chi connectivity index (χ1) is 6.93. The van der Waals surface area contributed by atoms with E-state index in [0.717, 1.165) is 0 Å². The van der Waals surface area contributed by atoms with Gasteiger partial charge in [-0.25, -0.2) is 4.99 Å². The Labute approximate surface area is 89.3 Å². The van der Waals surface area contributed by atoms with Crippen LogP contribution in [0.2, 0.25) is 0 Å². The number of rotatable bonds is 2. The third kappa shape index (κ3) is 3.43. The number of alkyl halides is 3. The Bertz CT molecular complexity index is 359. The highest BCUT2D eigenvalue weighted by Crippen LogP contribution is 2.24. The molecule has 0 radical (unpaired) electrons. The normalized spacial score (nSPS) is 12.7. The number of hydrogen-bond acceptors (Lipinski definition) is 2. The second-order valence-electron chi connectivity index (χ2n) is 2.60. The number of halogens is 4. The summed E-state index contributed by atoms with van der Waals surface area (Å²) in [5, 5.41) is -1.40. The lowest BCUT2D eigenvalue weighted by atomic mass is 10.3. The SMILES string of the molecule is COc1ccc(/N=C(\Cl)C(F)(F)F)cc1. The van der Waals surface area contributed by atoms with E-state index in [-0.39, 0.29) is 5.69 Å². The molecule has 0 aliphatic rings. The van der Waals surface area contributed by atoms with Gasteiger partial charge in [0.05, 0.1) is 12.8 Å². The molecule has 1 rings (SSSR count). The van der Waals surface area contributed by atoms with Gasteiger partial charge in [0.15, 0.2) is 0 Å². The summed E-state index contributed by atoms with van der Waals surface area (Å²) in [6.07, 6.45) is -4.61. The van der Waals surface area contributed by atoms with E-state index >= 15 is 0 Å². The van der Waals surface area contributed by atoms with Crippen LogP contribution in [-0.2, 0) is 0 Å². The van der Waals surface area contributed by atoms with Gasteiger partial charge < -0.3 is 4.74 Å². The standard InChI is InChI=1S/C9H7ClF3NO/c1-15-7-4-2-6(3-5-7)14-8(10)9(11,12)13/h2-5H,1H3/b14-8-. The second kappa shape index (κ2) is 4.53. The van der Waals surface area contributed by atoms with Crippen molar-refractivity contribution >= 4 is 22.5 Å². The first kappa shape index (κ1) is 11.8. The van der Waals surface area contributed by atoms with Crippen LogP contribution in [0.1, 0.15) is 0 Å². The molecule has 0 atom stereocenters. The van der Waals surface area contributed by atoms with Crippen molar-refractivity contribution in [1.29, 1.82) is 0 Å². The van der Waals surface area contributed by atoms with Crippen LogP contribution in [-0.4, -0.2) is 18.5 Å². The summed E-state index contributed by atoms with van der Waals surface area (Å²) in [5.74, 6) is 0.539. The predicted octanol–water partition coefficient (Wildman–Crippen LogP) is 3.53. The molecule has 1 aromatic carbocycles. The molecule has 0 fully saturated rings. The average Bonchev–Trinajstić information content (AvgIpc) is 2.17. The van der Waals surface area contributed by atoms with E-state index in [9.17, 15) is 13.2 Å². The topological polar surface area (TPSA) is 21.6 Å². The zero-order chi connectivity index (χ0) is 11.5. The highest BCUT2D eigenvalue weighted by atomic mass is 35.5. The molecule has 1 aromatic rings. The molecule has 0 saturated heterocycles. The molecule has 0 unspecified atom stereocenters. The second-order valence-corrected chi connectivity index (χ2v) is 2.96. The third-order valence-electron chi connectivity index (χ3n) is 1.53. The van der Waals surface area contributed by atoms with Crippen molar-refractivity contribution < 1.29 is 17.9 Å². The largest absolute Gasteiger partial charge is 0.497 e. The third-order valence-corrected chi connectivity index (χ3v) is 1.83. The van der Waals surface area contributed by atoms with Crippen molar-refractivity contribution in [2.75, 3.05) is 7.11 Å². The molecule has 0 saturated carbocycles. The quantitative estimate of drug-likeness (QED) is 0.721. The number of aliphatic imine (C=N–C) groups is 1. The van der Waals surface area contributed by atoms with Gasteiger partial charge in [0.1, 0.15) is 5.75 Å². The van der Waals surface area contributed by atoms with Gasteiger partial charge in [-0.15, -0.1) is 0 Å². The molecule has 0 spiro atoms. The van der Waals surface area contributed by atoms with Gasteiger partial charge in [0.2, 0.25) is 5.17 Å². The Morgan fingerprint density at radius 3 is 2.20 bits per heavy atom. The summed E-state index contributed by atoms with van der Waals surface area (Å²) in [4.78, 5) is 3.21. The van der Waals surface area contributed by atoms with Gasteiger partial charge in [0, 0.05) is 0 Å². The minimum atomic E-state index is -4.61. The number of nitrogens with zero attached hydrogens (tertiary/aromatic N) is 1. The first-order valence-electron chi connectivity index (χ1n) is 3.89. The van der Waals surface area contributed by atoms with Gasteiger partial charge >= 0.3 is 6.18 Å². The van der Waals surface area contributed by atoms with Crippen LogP contribution < -0.4 is 4.74 Å². The van der Waals surface area contributed by atoms with Crippen molar-refractivity contribution in [2.24, 2.45) is 4.99 Å². The molecule has 82 valence electrons. The number of methoxy groups -OCH3 is 1. The molecule has 0 aromatic heterocycles. The summed E-state index contributed by atoms with van der Waals surface area (Å²) in [7, 11) is 1.46. The molecule has 15 heavy (non-hydrogen) atoms. The van der Waals surface area contributed by atoms with E-state index in [0.29, 0.717) is 5.75 Å². The molecule has 0 aliphatic carbocycles. The lowest BCUT2D eigenvalue weighted by molar-refractivity contribution is -0.0558. The minimum Gasteiger partial charge on any atom is -0.497 e. The number of ether oxygens (including phenoxy) is 1. The van der Waals surface area contributed by atoms with Crippen LogP contribution in [0.4, 0.5) is 18.9 Å². The van der Waals surface area contributed by atoms with Crippen molar-refractivity contribution in [3.8, 4) is 5.75 Å². The van der Waals surface area contributed by atoms with Crippen molar-refractivity contribution in [1.82, 2.24) is 0 Å². The van der Waals surface area contributed by atoms with Crippen LogP contribution in [0, 0.1) is 0 Å². The Morgan fingerprint density at radius 1 is 1.27 bits per heavy atom. The molecule has 2 nitrogen and oxygen atoms in total. The predicted molar refractivity (Wildman–Crippen MR) is 52.0 cm³/mol. The van der Waals surface area contributed by atoms with E-state index in [2.05, 4.69) is 4.99 Å². The highest BCUT2D eigenvalue weighted by molar-refractivity contribution is 6.67. The van der Waals surface area contributed by atoms with Crippen LogP contribution in [0.5, 0.6) is 5.75 Å². The Kier molecular flexibility index (Phi) is 3.57. The fourth-order valence-corrected chi connectivity index (χ4v) is 0.931. The lowest BCUT2D eigenvalue weighted by Crippen LogP contribution is -2.16. The zero-order valence-corrected chi connectivity index (χ0v) is 8.43. The van der Waals surface area contributed by atoms with E-state index in [1.54, 1.807) is 0 Å². The summed E-state index contributed by atoms with van der Waals surface area (Å²) in [6.45, 7) is 0. The maximum atomic E-state index is 12.0. The van der Waals surface area contributed by atoms with E-state index in [1.807, 2.05) is 0 Å². The summed E-state index contributed by atoms with van der Waals surface area (Å²) >= 11 is 4.96. The van der Waals surface area contributed by atoms with Crippen molar-refractivity contribution in [3.63, 3.8) is 0 Å². The highest BCUT2D eigenvalue weighted by Gasteiger charge is 2.34. The zero-order valence-electron chi connectivity index (χ0n) is 7.68. The van der Waals surface area contributed by atoms with E-state index in [1.165, 1.54) is 31.4 Å². The summed E-state index contributed by atoms with van der Waals surface area (Å²) in [5.41, 5.74) is 0.123. The molecule has 6 heteroatoms. The minimum absolute atomic E-state index is 0.123. The van der Waals surface area contributed by atoms with Crippen LogP contribution in [0.15, 0.2) is 29.3 Å². The maximum Gasteiger partial charge on any atom is 0.444 e. The molecule has 0 N–H and O–H groups in total. The van der Waals surface area contributed by atoms with E-state index < -0.39 is 11.3 Å². The number of benzene rings is 1. The molecular formula is C9H7ClF3NO. The van der Waals surface area contributed by atoms with Crippen molar-refractivity contribution in [3.05, 3.63) is 24.3 Å². The summed E-state index contributed by atoms with van der Waals surface area (Å²) < 4.78 is 40.8. The van der Waals surface area contributed by atoms with Gasteiger partial charge in [-0.3, -0.25) is 0 Å². The van der Waals surface area contributed by atoms with Gasteiger partial charge in [0.25, 0.3) is 0 Å². The lowest BCUT2D eigenvalue weighted by Gasteiger charge is -2.03. The fourth-order valence-electron chi connectivity index (χ4n) is 0.833. The molecule has 0 aliphatic heterocycles. The van der Waals surface area contributed by atoms with Crippen LogP contribution in [0.3, 0.4) is 0 Å². The van der Waals surface area contributed by atoms with Crippen LogP contribution >= 0.6 is 11.6 Å². The number of hydrogen-bond donors (Lipinski definition) is 0. The van der Waals surface area contributed by atoms with Gasteiger partial charge in [-0.1, -0.05) is 11.6 Å². The molecule has 0 amide bonds. The van der Waals surface area contributed by atoms with Crippen molar-refractivity contribution in [2.45, 2.75) is 6.18 Å². The molecular weight excluding hydrogens is 231 g/mol. The van der Waals surface area contributed by atoms with Crippen LogP contribution in [0.25, 0.3) is 0 Å². The maximum absolute atomic E-state index is 12.0. The smallest absolute Gasteiger partial charge is 0.444 e. The van der Waals surface area contributed by atoms with Gasteiger partial charge in [-0.2, -0.15) is 13.2 Å². The molecule has 0 heterocycles. The Hall–Kier alpha value is -1.23. The Balaban J connectivity index is 2.89. The molecule has 0 bridgehead atoms. The Morgan fingerprint density at radius 2 is 1.80 bits per heavy atom.